The van der Waals surface area contributed by atoms with E-state index >= 15 is 0 Å². The number of methoxy groups -OCH3 is 1. The van der Waals surface area contributed by atoms with Crippen molar-refractivity contribution in [1.29, 1.82) is 0 Å². The van der Waals surface area contributed by atoms with Gasteiger partial charge >= 0.3 is 0 Å². The summed E-state index contributed by atoms with van der Waals surface area (Å²) in [5.41, 5.74) is 6.24. The molecule has 2 amide bonds. The minimum atomic E-state index is -0.415. The van der Waals surface area contributed by atoms with E-state index < -0.39 is 5.91 Å². The predicted octanol–water partition coefficient (Wildman–Crippen LogP) is 3.31. The Bertz CT molecular complexity index is 793. The smallest absolute Gasteiger partial charge is 0.255 e. The average molecular weight is 374 g/mol. The Hall–Kier alpha value is -2.67. The van der Waals surface area contributed by atoms with Crippen LogP contribution in [0.15, 0.2) is 47.4 Å². The number of amides is 2. The van der Waals surface area contributed by atoms with E-state index in [1.54, 1.807) is 24.3 Å². The summed E-state index contributed by atoms with van der Waals surface area (Å²) in [5.74, 6) is 0.509. The van der Waals surface area contributed by atoms with Gasteiger partial charge in [-0.15, -0.1) is 11.8 Å². The normalized spacial score (nSPS) is 10.5. The molecule has 7 heteroatoms. The number of primary amides is 1. The van der Waals surface area contributed by atoms with Crippen LogP contribution in [0.2, 0.25) is 0 Å². The van der Waals surface area contributed by atoms with E-state index in [2.05, 4.69) is 5.32 Å². The van der Waals surface area contributed by atoms with Gasteiger partial charge in [0.1, 0.15) is 0 Å². The average Bonchev–Trinajstić information content (AvgIpc) is 2.60. The molecule has 0 radical (unpaired) electrons. The minimum Gasteiger partial charge on any atom is -0.493 e. The van der Waals surface area contributed by atoms with E-state index in [0.29, 0.717) is 22.7 Å². The number of benzene rings is 2. The summed E-state index contributed by atoms with van der Waals surface area (Å²) >= 11 is 1.28. The van der Waals surface area contributed by atoms with Crippen LogP contribution in [-0.2, 0) is 4.79 Å². The summed E-state index contributed by atoms with van der Waals surface area (Å²) in [6.45, 7) is 3.83. The molecular formula is C19H22N2O4S. The molecule has 0 aromatic heterocycles. The number of thioether (sulfide) groups is 1. The first-order chi connectivity index (χ1) is 12.4. The van der Waals surface area contributed by atoms with E-state index in [0.717, 1.165) is 4.90 Å². The zero-order valence-electron chi connectivity index (χ0n) is 14.9. The molecule has 138 valence electrons. The largest absolute Gasteiger partial charge is 0.493 e. The van der Waals surface area contributed by atoms with Crippen molar-refractivity contribution in [2.24, 2.45) is 5.73 Å². The molecule has 2 rings (SSSR count). The number of nitrogens with two attached hydrogens (primary N) is 1. The standard InChI is InChI=1S/C19H22N2O4S/c1-12(2)25-15-9-8-13(10-16(15)24-3)19(23)21-14-6-4-5-7-17(14)26-11-18(20)22/h4-10,12H,11H2,1-3H3,(H2,20,22)(H,21,23). The van der Waals surface area contributed by atoms with Gasteiger partial charge in [-0.1, -0.05) is 12.1 Å². The summed E-state index contributed by atoms with van der Waals surface area (Å²) < 4.78 is 11.0. The topological polar surface area (TPSA) is 90.6 Å². The van der Waals surface area contributed by atoms with Crippen LogP contribution in [0.4, 0.5) is 5.69 Å². The lowest BCUT2D eigenvalue weighted by atomic mass is 10.1. The molecule has 2 aromatic carbocycles. The van der Waals surface area contributed by atoms with Crippen molar-refractivity contribution in [3.63, 3.8) is 0 Å². The number of carbonyl (C=O) groups excluding carboxylic acids is 2. The van der Waals surface area contributed by atoms with Gasteiger partial charge in [0.05, 0.1) is 24.7 Å². The molecule has 0 saturated carbocycles. The highest BCUT2D eigenvalue weighted by Gasteiger charge is 2.14. The third-order valence-corrected chi connectivity index (χ3v) is 4.39. The molecular weight excluding hydrogens is 352 g/mol. The van der Waals surface area contributed by atoms with Gasteiger partial charge in [-0.25, -0.2) is 0 Å². The number of para-hydroxylation sites is 1. The second kappa shape index (κ2) is 9.15. The van der Waals surface area contributed by atoms with Crippen LogP contribution in [0, 0.1) is 0 Å². The highest BCUT2D eigenvalue weighted by Crippen LogP contribution is 2.30. The van der Waals surface area contributed by atoms with Gasteiger partial charge in [0.2, 0.25) is 5.91 Å². The van der Waals surface area contributed by atoms with Crippen LogP contribution >= 0.6 is 11.8 Å². The number of nitrogens with one attached hydrogen (secondary N) is 1. The lowest BCUT2D eigenvalue weighted by Crippen LogP contribution is -2.15. The molecule has 3 N–H and O–H groups in total. The first-order valence-electron chi connectivity index (χ1n) is 8.07. The maximum atomic E-state index is 12.6. The second-order valence-corrected chi connectivity index (χ2v) is 6.75. The number of anilines is 1. The van der Waals surface area contributed by atoms with Gasteiger partial charge < -0.3 is 20.5 Å². The molecule has 2 aromatic rings. The Labute approximate surface area is 157 Å². The fraction of sp³-hybridized carbons (Fsp3) is 0.263. The quantitative estimate of drug-likeness (QED) is 0.692. The van der Waals surface area contributed by atoms with E-state index in [9.17, 15) is 9.59 Å². The van der Waals surface area contributed by atoms with Gasteiger partial charge in [-0.2, -0.15) is 0 Å². The SMILES string of the molecule is COc1cc(C(=O)Nc2ccccc2SCC(N)=O)ccc1OC(C)C. The first-order valence-corrected chi connectivity index (χ1v) is 9.05. The van der Waals surface area contributed by atoms with E-state index in [-0.39, 0.29) is 17.8 Å². The van der Waals surface area contributed by atoms with Crippen molar-refractivity contribution in [2.75, 3.05) is 18.2 Å². The van der Waals surface area contributed by atoms with Gasteiger partial charge in [-0.05, 0) is 44.2 Å². The van der Waals surface area contributed by atoms with Crippen LogP contribution < -0.4 is 20.5 Å². The first kappa shape index (κ1) is 19.7. The van der Waals surface area contributed by atoms with E-state index in [1.165, 1.54) is 18.9 Å². The molecule has 26 heavy (non-hydrogen) atoms. The number of ether oxygens (including phenoxy) is 2. The Balaban J connectivity index is 2.19. The fourth-order valence-corrected chi connectivity index (χ4v) is 2.95. The van der Waals surface area contributed by atoms with Crippen molar-refractivity contribution in [1.82, 2.24) is 0 Å². The van der Waals surface area contributed by atoms with Gasteiger partial charge in [0.25, 0.3) is 5.91 Å². The highest BCUT2D eigenvalue weighted by atomic mass is 32.2. The fourth-order valence-electron chi connectivity index (χ4n) is 2.20. The maximum absolute atomic E-state index is 12.6. The molecule has 0 fully saturated rings. The summed E-state index contributed by atoms with van der Waals surface area (Å²) in [5, 5.41) is 2.85. The Morgan fingerprint density at radius 2 is 1.88 bits per heavy atom. The van der Waals surface area contributed by atoms with Gasteiger partial charge in [-0.3, -0.25) is 9.59 Å². The van der Waals surface area contributed by atoms with Crippen molar-refractivity contribution in [3.05, 3.63) is 48.0 Å². The van der Waals surface area contributed by atoms with Crippen molar-refractivity contribution in [3.8, 4) is 11.5 Å². The number of carbonyl (C=O) groups is 2. The molecule has 0 unspecified atom stereocenters. The third kappa shape index (κ3) is 5.42. The second-order valence-electron chi connectivity index (χ2n) is 5.74. The van der Waals surface area contributed by atoms with E-state index in [4.69, 9.17) is 15.2 Å². The summed E-state index contributed by atoms with van der Waals surface area (Å²) in [6, 6.07) is 12.3. The zero-order valence-corrected chi connectivity index (χ0v) is 15.8. The Morgan fingerprint density at radius 1 is 1.15 bits per heavy atom. The third-order valence-electron chi connectivity index (χ3n) is 3.29. The van der Waals surface area contributed by atoms with Gasteiger partial charge in [0, 0.05) is 10.5 Å². The maximum Gasteiger partial charge on any atom is 0.255 e. The predicted molar refractivity (Wildman–Crippen MR) is 103 cm³/mol. The molecule has 0 aliphatic carbocycles. The van der Waals surface area contributed by atoms with E-state index in [1.807, 2.05) is 32.0 Å². The van der Waals surface area contributed by atoms with Crippen LogP contribution in [0.5, 0.6) is 11.5 Å². The number of hydrogen-bond donors (Lipinski definition) is 2. The molecule has 0 aliphatic heterocycles. The monoisotopic (exact) mass is 374 g/mol. The van der Waals surface area contributed by atoms with Gasteiger partial charge in [0.15, 0.2) is 11.5 Å². The van der Waals surface area contributed by atoms with Crippen LogP contribution in [0.25, 0.3) is 0 Å². The summed E-state index contributed by atoms with van der Waals surface area (Å²) in [7, 11) is 1.53. The van der Waals surface area contributed by atoms with Crippen molar-refractivity contribution in [2.45, 2.75) is 24.8 Å². The number of hydrogen-bond acceptors (Lipinski definition) is 5. The van der Waals surface area contributed by atoms with Crippen molar-refractivity contribution < 1.29 is 19.1 Å². The molecule has 0 saturated heterocycles. The molecule has 0 bridgehead atoms. The minimum absolute atomic E-state index is 0.00210. The summed E-state index contributed by atoms with van der Waals surface area (Å²) in [4.78, 5) is 24.4. The Kier molecular flexibility index (Phi) is 6.91. The van der Waals surface area contributed by atoms with Crippen molar-refractivity contribution >= 4 is 29.3 Å². The van der Waals surface area contributed by atoms with Crippen LogP contribution in [0.1, 0.15) is 24.2 Å². The molecule has 0 aliphatic rings. The molecule has 0 atom stereocenters. The molecule has 0 spiro atoms. The molecule has 0 heterocycles. The molecule has 6 nitrogen and oxygen atoms in total. The lowest BCUT2D eigenvalue weighted by molar-refractivity contribution is -0.115. The zero-order chi connectivity index (χ0) is 19.1. The van der Waals surface area contributed by atoms with Crippen LogP contribution in [0.3, 0.4) is 0 Å². The number of rotatable bonds is 8. The lowest BCUT2D eigenvalue weighted by Gasteiger charge is -2.15. The van der Waals surface area contributed by atoms with Crippen LogP contribution in [-0.4, -0.2) is 30.8 Å². The summed E-state index contributed by atoms with van der Waals surface area (Å²) in [6.07, 6.45) is -0.00210. The highest BCUT2D eigenvalue weighted by molar-refractivity contribution is 8.00. The Morgan fingerprint density at radius 3 is 2.54 bits per heavy atom.